The summed E-state index contributed by atoms with van der Waals surface area (Å²) >= 11 is 0. The number of fused-ring (bicyclic) bond motifs is 1. The Kier molecular flexibility index (Phi) is 3.50. The summed E-state index contributed by atoms with van der Waals surface area (Å²) in [5.41, 5.74) is 0.339. The highest BCUT2D eigenvalue weighted by Crippen LogP contribution is 2.44. The van der Waals surface area contributed by atoms with Crippen LogP contribution in [0.25, 0.3) is 10.9 Å². The number of aliphatic hydroxyl groups excluding tert-OH is 1. The van der Waals surface area contributed by atoms with E-state index in [0.29, 0.717) is 23.0 Å². The van der Waals surface area contributed by atoms with E-state index in [4.69, 9.17) is 0 Å². The average molecular weight is 301 g/mol. The van der Waals surface area contributed by atoms with Gasteiger partial charge >= 0.3 is 0 Å². The number of non-ortho nitro benzene ring substituents is 1. The standard InChI is InChI=1S/C15H15N3O4/c19-9-15(5-6-15)8-17-14(20)11-3-4-12(18(21)22)10-2-1-7-16-13(10)11/h1-4,7,19H,5-6,8-9H2,(H,17,20). The van der Waals surface area contributed by atoms with Gasteiger partial charge in [0.2, 0.25) is 0 Å². The fourth-order valence-electron chi connectivity index (χ4n) is 2.43. The molecule has 2 aromatic rings. The van der Waals surface area contributed by atoms with Crippen LogP contribution in [0.1, 0.15) is 23.2 Å². The second-order valence-corrected chi connectivity index (χ2v) is 5.63. The third-order valence-corrected chi connectivity index (χ3v) is 4.10. The first-order chi connectivity index (χ1) is 10.6. The van der Waals surface area contributed by atoms with Crippen molar-refractivity contribution >= 4 is 22.5 Å². The number of nitrogens with one attached hydrogen (secondary N) is 1. The van der Waals surface area contributed by atoms with E-state index >= 15 is 0 Å². The van der Waals surface area contributed by atoms with E-state index in [9.17, 15) is 20.0 Å². The van der Waals surface area contributed by atoms with Crippen molar-refractivity contribution in [2.24, 2.45) is 5.41 Å². The molecule has 1 aromatic heterocycles. The van der Waals surface area contributed by atoms with Crippen LogP contribution in [-0.2, 0) is 0 Å². The Morgan fingerprint density at radius 3 is 2.82 bits per heavy atom. The molecule has 3 rings (SSSR count). The normalized spacial score (nSPS) is 15.5. The summed E-state index contributed by atoms with van der Waals surface area (Å²) in [6, 6.07) is 5.91. The van der Waals surface area contributed by atoms with Crippen LogP contribution in [0.15, 0.2) is 30.5 Å². The van der Waals surface area contributed by atoms with Crippen LogP contribution in [0.2, 0.25) is 0 Å². The van der Waals surface area contributed by atoms with Gasteiger partial charge in [-0.05, 0) is 31.0 Å². The van der Waals surface area contributed by atoms with Gasteiger partial charge in [-0.1, -0.05) is 0 Å². The zero-order chi connectivity index (χ0) is 15.7. The van der Waals surface area contributed by atoms with Gasteiger partial charge < -0.3 is 10.4 Å². The van der Waals surface area contributed by atoms with Gasteiger partial charge in [-0.3, -0.25) is 19.9 Å². The number of hydrogen-bond acceptors (Lipinski definition) is 5. The minimum absolute atomic E-state index is 0.0482. The molecule has 2 N–H and O–H groups in total. The summed E-state index contributed by atoms with van der Waals surface area (Å²) in [6.07, 6.45) is 3.28. The lowest BCUT2D eigenvalue weighted by Gasteiger charge is -2.13. The maximum atomic E-state index is 12.3. The van der Waals surface area contributed by atoms with Crippen LogP contribution >= 0.6 is 0 Å². The van der Waals surface area contributed by atoms with Crippen LogP contribution in [0.3, 0.4) is 0 Å². The first-order valence-corrected chi connectivity index (χ1v) is 6.97. The molecule has 1 heterocycles. The molecular formula is C15H15N3O4. The zero-order valence-corrected chi connectivity index (χ0v) is 11.8. The van der Waals surface area contributed by atoms with E-state index in [0.717, 1.165) is 12.8 Å². The highest BCUT2D eigenvalue weighted by atomic mass is 16.6. The highest BCUT2D eigenvalue weighted by molar-refractivity contribution is 6.07. The second-order valence-electron chi connectivity index (χ2n) is 5.63. The predicted molar refractivity (Wildman–Crippen MR) is 79.5 cm³/mol. The van der Waals surface area contributed by atoms with Crippen molar-refractivity contribution in [1.29, 1.82) is 0 Å². The van der Waals surface area contributed by atoms with Gasteiger partial charge in [0.1, 0.15) is 0 Å². The van der Waals surface area contributed by atoms with E-state index < -0.39 is 4.92 Å². The number of nitro benzene ring substituents is 1. The molecule has 1 aliphatic rings. The second kappa shape index (κ2) is 5.34. The minimum Gasteiger partial charge on any atom is -0.396 e. The van der Waals surface area contributed by atoms with Crippen molar-refractivity contribution < 1.29 is 14.8 Å². The van der Waals surface area contributed by atoms with Gasteiger partial charge in [0.15, 0.2) is 0 Å². The van der Waals surface area contributed by atoms with E-state index in [-0.39, 0.29) is 23.6 Å². The van der Waals surface area contributed by atoms with Crippen LogP contribution in [0.4, 0.5) is 5.69 Å². The lowest BCUT2D eigenvalue weighted by atomic mass is 10.1. The Bertz CT molecular complexity index is 756. The van der Waals surface area contributed by atoms with Gasteiger partial charge in [0.25, 0.3) is 11.6 Å². The maximum Gasteiger partial charge on any atom is 0.278 e. The smallest absolute Gasteiger partial charge is 0.278 e. The molecule has 1 aromatic carbocycles. The number of aliphatic hydroxyl groups is 1. The Morgan fingerprint density at radius 2 is 2.18 bits per heavy atom. The molecule has 114 valence electrons. The molecular weight excluding hydrogens is 286 g/mol. The molecule has 0 bridgehead atoms. The quantitative estimate of drug-likeness (QED) is 0.645. The number of hydrogen-bond donors (Lipinski definition) is 2. The number of rotatable bonds is 5. The predicted octanol–water partition coefficient (Wildman–Crippen LogP) is 1.65. The van der Waals surface area contributed by atoms with E-state index in [1.807, 2.05) is 0 Å². The third-order valence-electron chi connectivity index (χ3n) is 4.10. The molecule has 1 fully saturated rings. The number of benzene rings is 1. The molecule has 7 nitrogen and oxygen atoms in total. The van der Waals surface area contributed by atoms with Crippen molar-refractivity contribution in [3.63, 3.8) is 0 Å². The summed E-state index contributed by atoms with van der Waals surface area (Å²) in [4.78, 5) is 27.0. The maximum absolute atomic E-state index is 12.3. The number of carbonyl (C=O) groups is 1. The molecule has 0 spiro atoms. The molecule has 1 amide bonds. The molecule has 1 aliphatic carbocycles. The van der Waals surface area contributed by atoms with Crippen LogP contribution < -0.4 is 5.32 Å². The lowest BCUT2D eigenvalue weighted by Crippen LogP contribution is -2.32. The molecule has 0 radical (unpaired) electrons. The molecule has 22 heavy (non-hydrogen) atoms. The number of amides is 1. The fraction of sp³-hybridized carbons (Fsp3) is 0.333. The van der Waals surface area contributed by atoms with Crippen LogP contribution in [0.5, 0.6) is 0 Å². The number of aromatic nitrogens is 1. The summed E-state index contributed by atoms with van der Waals surface area (Å²) in [5, 5.41) is 23.4. The number of carbonyl (C=O) groups excluding carboxylic acids is 1. The molecule has 0 saturated heterocycles. The Labute approximate surface area is 126 Å². The molecule has 0 atom stereocenters. The topological polar surface area (TPSA) is 105 Å². The van der Waals surface area contributed by atoms with Crippen molar-refractivity contribution in [1.82, 2.24) is 10.3 Å². The van der Waals surface area contributed by atoms with Gasteiger partial charge in [0, 0.05) is 24.2 Å². The van der Waals surface area contributed by atoms with Gasteiger partial charge in [-0.25, -0.2) is 0 Å². The lowest BCUT2D eigenvalue weighted by molar-refractivity contribution is -0.383. The van der Waals surface area contributed by atoms with E-state index in [2.05, 4.69) is 10.3 Å². The Morgan fingerprint density at radius 1 is 1.41 bits per heavy atom. The zero-order valence-electron chi connectivity index (χ0n) is 11.8. The van der Waals surface area contributed by atoms with Crippen molar-refractivity contribution in [2.45, 2.75) is 12.8 Å². The molecule has 7 heteroatoms. The average Bonchev–Trinajstić information content (AvgIpc) is 3.32. The number of nitro groups is 1. The number of pyridine rings is 1. The van der Waals surface area contributed by atoms with Crippen molar-refractivity contribution in [3.05, 3.63) is 46.1 Å². The summed E-state index contributed by atoms with van der Waals surface area (Å²) in [6.45, 7) is 0.445. The largest absolute Gasteiger partial charge is 0.396 e. The summed E-state index contributed by atoms with van der Waals surface area (Å²) < 4.78 is 0. The van der Waals surface area contributed by atoms with Crippen molar-refractivity contribution in [2.75, 3.05) is 13.2 Å². The molecule has 0 unspecified atom stereocenters. The fourth-order valence-corrected chi connectivity index (χ4v) is 2.43. The summed E-state index contributed by atoms with van der Waals surface area (Å²) in [5.74, 6) is -0.335. The van der Waals surface area contributed by atoms with Gasteiger partial charge in [-0.2, -0.15) is 0 Å². The van der Waals surface area contributed by atoms with Crippen molar-refractivity contribution in [3.8, 4) is 0 Å². The molecule has 1 saturated carbocycles. The van der Waals surface area contributed by atoms with E-state index in [1.54, 1.807) is 12.1 Å². The van der Waals surface area contributed by atoms with Gasteiger partial charge in [-0.15, -0.1) is 0 Å². The van der Waals surface area contributed by atoms with Crippen LogP contribution in [0, 0.1) is 15.5 Å². The summed E-state index contributed by atoms with van der Waals surface area (Å²) in [7, 11) is 0. The Balaban J connectivity index is 1.92. The SMILES string of the molecule is O=C(NCC1(CO)CC1)c1ccc([N+](=O)[O-])c2cccnc12. The van der Waals surface area contributed by atoms with Gasteiger partial charge in [0.05, 0.1) is 28.0 Å². The first-order valence-electron chi connectivity index (χ1n) is 6.97. The minimum atomic E-state index is -0.489. The Hall–Kier alpha value is -2.54. The third kappa shape index (κ3) is 2.50. The first kappa shape index (κ1) is 14.4. The monoisotopic (exact) mass is 301 g/mol. The molecule has 0 aliphatic heterocycles. The highest BCUT2D eigenvalue weighted by Gasteiger charge is 2.42. The van der Waals surface area contributed by atoms with E-state index in [1.165, 1.54) is 18.3 Å². The number of nitrogens with zero attached hydrogens (tertiary/aromatic N) is 2. The van der Waals surface area contributed by atoms with Crippen LogP contribution in [-0.4, -0.2) is 34.1 Å².